The summed E-state index contributed by atoms with van der Waals surface area (Å²) in [5.41, 5.74) is 2.60. The van der Waals surface area contributed by atoms with E-state index in [4.69, 9.17) is 5.41 Å². The van der Waals surface area contributed by atoms with Crippen molar-refractivity contribution in [2.45, 2.75) is 30.0 Å². The monoisotopic (exact) mass is 415 g/mol. The van der Waals surface area contributed by atoms with E-state index in [0.29, 0.717) is 17.6 Å². The highest BCUT2D eigenvalue weighted by Gasteiger charge is 2.25. The Hall–Kier alpha value is -2.56. The molecule has 1 unspecified atom stereocenters. The molecule has 3 N–H and O–H groups in total. The highest BCUT2D eigenvalue weighted by Crippen LogP contribution is 2.31. The number of rotatable bonds is 7. The maximum Gasteiger partial charge on any atom is 0.174 e. The first-order chi connectivity index (χ1) is 13.4. The van der Waals surface area contributed by atoms with Crippen LogP contribution in [0, 0.1) is 12.3 Å². The van der Waals surface area contributed by atoms with E-state index >= 15 is 0 Å². The van der Waals surface area contributed by atoms with Crippen LogP contribution in [0.25, 0.3) is 5.70 Å². The number of nitrogens with zero attached hydrogens (tertiary/aromatic N) is 4. The van der Waals surface area contributed by atoms with Crippen molar-refractivity contribution in [3.63, 3.8) is 0 Å². The van der Waals surface area contributed by atoms with Gasteiger partial charge in [0, 0.05) is 37.2 Å². The molecule has 1 saturated carbocycles. The molecule has 0 spiro atoms. The molecule has 0 aromatic carbocycles. The second-order valence-corrected chi connectivity index (χ2v) is 9.20. The predicted molar refractivity (Wildman–Crippen MR) is 111 cm³/mol. The van der Waals surface area contributed by atoms with Crippen molar-refractivity contribution >= 4 is 38.8 Å². The molecule has 10 heteroatoms. The minimum absolute atomic E-state index is 0.182. The molecule has 0 amide bonds. The van der Waals surface area contributed by atoms with Crippen LogP contribution in [0.5, 0.6) is 0 Å². The van der Waals surface area contributed by atoms with E-state index in [2.05, 4.69) is 26.7 Å². The molecule has 1 aliphatic rings. The highest BCUT2D eigenvalue weighted by molar-refractivity contribution is 7.85. The van der Waals surface area contributed by atoms with Gasteiger partial charge in [-0.1, -0.05) is 6.58 Å². The van der Waals surface area contributed by atoms with E-state index in [-0.39, 0.29) is 5.49 Å². The summed E-state index contributed by atoms with van der Waals surface area (Å²) >= 11 is 1.41. The van der Waals surface area contributed by atoms with Gasteiger partial charge in [0.05, 0.1) is 16.9 Å². The molecule has 1 fully saturated rings. The van der Waals surface area contributed by atoms with E-state index in [1.54, 1.807) is 27.8 Å². The molecule has 0 saturated heterocycles. The quantitative estimate of drug-likeness (QED) is 0.552. The van der Waals surface area contributed by atoms with Gasteiger partial charge in [0.1, 0.15) is 15.2 Å². The van der Waals surface area contributed by atoms with Crippen molar-refractivity contribution in [3.05, 3.63) is 54.0 Å². The van der Waals surface area contributed by atoms with Crippen LogP contribution in [0.2, 0.25) is 0 Å². The van der Waals surface area contributed by atoms with Gasteiger partial charge in [-0.3, -0.25) is 14.7 Å². The molecule has 1 atom stereocenters. The van der Waals surface area contributed by atoms with Crippen molar-refractivity contribution in [1.29, 1.82) is 5.41 Å². The average molecular weight is 416 g/mol. The van der Waals surface area contributed by atoms with E-state index in [0.717, 1.165) is 33.2 Å². The molecule has 1 aliphatic carbocycles. The Morgan fingerprint density at radius 3 is 2.93 bits per heavy atom. The van der Waals surface area contributed by atoms with E-state index in [1.165, 1.54) is 11.3 Å². The lowest BCUT2D eigenvalue weighted by molar-refractivity contribution is 0.672. The second kappa shape index (κ2) is 7.46. The van der Waals surface area contributed by atoms with E-state index < -0.39 is 11.0 Å². The molecular formula is C18H21N7OS2. The Bertz CT molecular complexity index is 1120. The number of hydrogen-bond acceptors (Lipinski definition) is 6. The summed E-state index contributed by atoms with van der Waals surface area (Å²) in [5.74, 6) is 0.404. The summed E-state index contributed by atoms with van der Waals surface area (Å²) in [7, 11) is 0.628. The average Bonchev–Trinajstić information content (AvgIpc) is 3.24. The third kappa shape index (κ3) is 3.84. The third-order valence-corrected chi connectivity index (χ3v) is 7.20. The Morgan fingerprint density at radius 2 is 2.25 bits per heavy atom. The molecule has 146 valence electrons. The zero-order valence-electron chi connectivity index (χ0n) is 15.6. The Balaban J connectivity index is 1.58. The molecule has 3 aromatic heterocycles. The minimum atomic E-state index is -1.21. The molecule has 4 rings (SSSR count). The summed E-state index contributed by atoms with van der Waals surface area (Å²) < 4.78 is 19.7. The van der Waals surface area contributed by atoms with Gasteiger partial charge in [-0.05, 0) is 31.4 Å². The number of hydrogen-bond donors (Lipinski definition) is 3. The first kappa shape index (κ1) is 18.8. The van der Waals surface area contributed by atoms with Crippen LogP contribution in [-0.4, -0.2) is 29.6 Å². The first-order valence-electron chi connectivity index (χ1n) is 8.78. The molecule has 8 nitrogen and oxygen atoms in total. The lowest BCUT2D eigenvalue weighted by atomic mass is 10.3. The van der Waals surface area contributed by atoms with Gasteiger partial charge in [-0.25, -0.2) is 13.9 Å². The Labute approximate surface area is 169 Å². The fraction of sp³-hybridized carbons (Fsp3) is 0.278. The second-order valence-electron chi connectivity index (χ2n) is 6.71. The number of thiophene rings is 1. The predicted octanol–water partition coefficient (Wildman–Crippen LogP) is 2.50. The van der Waals surface area contributed by atoms with Crippen molar-refractivity contribution in [3.8, 4) is 0 Å². The smallest absolute Gasteiger partial charge is 0.174 e. The summed E-state index contributed by atoms with van der Waals surface area (Å²) in [5, 5.41) is 16.6. The summed E-state index contributed by atoms with van der Waals surface area (Å²) in [6, 6.07) is 2.30. The number of nitrogens with one attached hydrogen (secondary N) is 3. The molecule has 0 bridgehead atoms. The maximum absolute atomic E-state index is 12.5. The topological polar surface area (TPSA) is 101 Å². The number of anilines is 2. The van der Waals surface area contributed by atoms with Gasteiger partial charge < -0.3 is 5.32 Å². The molecule has 3 heterocycles. The van der Waals surface area contributed by atoms with Gasteiger partial charge in [0.2, 0.25) is 0 Å². The largest absolute Gasteiger partial charge is 0.329 e. The van der Waals surface area contributed by atoms with Crippen LogP contribution in [0.1, 0.15) is 24.0 Å². The van der Waals surface area contributed by atoms with Crippen molar-refractivity contribution < 1.29 is 4.21 Å². The zero-order valence-corrected chi connectivity index (χ0v) is 17.2. The molecule has 3 aromatic rings. The normalized spacial score (nSPS) is 14.8. The fourth-order valence-electron chi connectivity index (χ4n) is 2.68. The molecule has 0 aliphatic heterocycles. The van der Waals surface area contributed by atoms with Crippen LogP contribution >= 0.6 is 11.3 Å². The Kier molecular flexibility index (Phi) is 5.00. The Morgan fingerprint density at radius 1 is 1.46 bits per heavy atom. The van der Waals surface area contributed by atoms with Crippen LogP contribution in [0.3, 0.4) is 0 Å². The van der Waals surface area contributed by atoms with Gasteiger partial charge in [0.15, 0.2) is 11.3 Å². The standard InChI is InChI=1S/C18H21N7OS2/c1-11-8-15(27-18(11)28(26)23-14-4-5-14)22-17-16(19)25(7-6-20-17)12(2)13-9-21-24(3)10-13/h6-10,14,19,23H,2,4-5H2,1,3H3,(H,20,22). The molecule has 0 radical (unpaired) electrons. The fourth-order valence-corrected chi connectivity index (χ4v) is 5.20. The molecular weight excluding hydrogens is 394 g/mol. The van der Waals surface area contributed by atoms with Crippen molar-refractivity contribution in [2.24, 2.45) is 7.05 Å². The van der Waals surface area contributed by atoms with Gasteiger partial charge in [-0.15, -0.1) is 11.3 Å². The first-order valence-corrected chi connectivity index (χ1v) is 10.7. The minimum Gasteiger partial charge on any atom is -0.329 e. The van der Waals surface area contributed by atoms with Crippen LogP contribution in [0.4, 0.5) is 10.8 Å². The van der Waals surface area contributed by atoms with Crippen LogP contribution in [-0.2, 0) is 18.0 Å². The maximum atomic E-state index is 12.5. The van der Waals surface area contributed by atoms with Crippen LogP contribution in [0.15, 0.2) is 41.6 Å². The summed E-state index contributed by atoms with van der Waals surface area (Å²) in [4.78, 5) is 4.29. The van der Waals surface area contributed by atoms with E-state index in [1.807, 2.05) is 26.2 Å². The van der Waals surface area contributed by atoms with Gasteiger partial charge in [0.25, 0.3) is 0 Å². The summed E-state index contributed by atoms with van der Waals surface area (Å²) in [6.07, 6.45) is 9.04. The molecule has 28 heavy (non-hydrogen) atoms. The lowest BCUT2D eigenvalue weighted by Crippen LogP contribution is -2.22. The number of aromatic nitrogens is 4. The third-order valence-electron chi connectivity index (χ3n) is 4.35. The van der Waals surface area contributed by atoms with E-state index in [9.17, 15) is 4.21 Å². The van der Waals surface area contributed by atoms with Gasteiger partial charge >= 0.3 is 0 Å². The van der Waals surface area contributed by atoms with Crippen molar-refractivity contribution in [2.75, 3.05) is 5.32 Å². The number of aryl methyl sites for hydroxylation is 2. The highest BCUT2D eigenvalue weighted by atomic mass is 32.2. The van der Waals surface area contributed by atoms with Gasteiger partial charge in [-0.2, -0.15) is 5.10 Å². The van der Waals surface area contributed by atoms with Crippen LogP contribution < -0.4 is 15.5 Å². The van der Waals surface area contributed by atoms with Crippen molar-refractivity contribution in [1.82, 2.24) is 24.1 Å². The summed E-state index contributed by atoms with van der Waals surface area (Å²) in [6.45, 7) is 6.02. The SMILES string of the molecule is C=C(c1cnn(C)c1)n1ccnc(Nc2cc(C)c(S(=O)NC3CC3)s2)c1=N. The lowest BCUT2D eigenvalue weighted by Gasteiger charge is -2.11. The zero-order chi connectivity index (χ0) is 19.8.